The second-order valence-electron chi connectivity index (χ2n) is 5.17. The Morgan fingerprint density at radius 1 is 1.35 bits per heavy atom. The van der Waals surface area contributed by atoms with Gasteiger partial charge in [0.25, 0.3) is 0 Å². The molecular formula is C12H21N3O2. The van der Waals surface area contributed by atoms with E-state index in [1.165, 1.54) is 0 Å². The molecule has 0 saturated carbocycles. The van der Waals surface area contributed by atoms with Crippen LogP contribution < -0.4 is 5.32 Å². The number of carbonyl (C=O) groups excluding carboxylic acids is 2. The second kappa shape index (κ2) is 5.04. The van der Waals surface area contributed by atoms with Crippen molar-refractivity contribution in [2.24, 2.45) is 11.8 Å². The zero-order chi connectivity index (χ0) is 12.4. The number of hydrogen-bond donors (Lipinski definition) is 1. The second-order valence-corrected chi connectivity index (χ2v) is 5.17. The molecule has 0 aromatic rings. The summed E-state index contributed by atoms with van der Waals surface area (Å²) >= 11 is 0. The maximum Gasteiger partial charge on any atom is 0.241 e. The van der Waals surface area contributed by atoms with E-state index in [0.29, 0.717) is 12.5 Å². The molecule has 2 amide bonds. The highest BCUT2D eigenvalue weighted by molar-refractivity contribution is 5.86. The van der Waals surface area contributed by atoms with Crippen molar-refractivity contribution < 1.29 is 9.59 Å². The van der Waals surface area contributed by atoms with Crippen LogP contribution in [0.15, 0.2) is 0 Å². The molecule has 2 aliphatic heterocycles. The summed E-state index contributed by atoms with van der Waals surface area (Å²) in [6, 6.07) is 0. The minimum absolute atomic E-state index is 0.0474. The van der Waals surface area contributed by atoms with Crippen molar-refractivity contribution >= 4 is 11.8 Å². The van der Waals surface area contributed by atoms with Gasteiger partial charge in [0.2, 0.25) is 11.8 Å². The topological polar surface area (TPSA) is 52.7 Å². The van der Waals surface area contributed by atoms with Gasteiger partial charge in [-0.05, 0) is 18.9 Å². The Morgan fingerprint density at radius 3 is 2.76 bits per heavy atom. The SMILES string of the molecule is C[C@@H]1CNC[C@H]1C(=O)N1CCCN(C)C(=O)C1. The molecule has 2 fully saturated rings. The lowest BCUT2D eigenvalue weighted by Gasteiger charge is -2.24. The predicted molar refractivity (Wildman–Crippen MR) is 64.4 cm³/mol. The zero-order valence-corrected chi connectivity index (χ0v) is 10.6. The Hall–Kier alpha value is -1.10. The van der Waals surface area contributed by atoms with Crippen LogP contribution in [0.25, 0.3) is 0 Å². The Morgan fingerprint density at radius 2 is 2.12 bits per heavy atom. The van der Waals surface area contributed by atoms with Gasteiger partial charge in [0.1, 0.15) is 0 Å². The van der Waals surface area contributed by atoms with Gasteiger partial charge in [0, 0.05) is 26.7 Å². The molecule has 0 spiro atoms. The van der Waals surface area contributed by atoms with Crippen LogP contribution in [-0.2, 0) is 9.59 Å². The normalized spacial score (nSPS) is 30.6. The van der Waals surface area contributed by atoms with E-state index in [2.05, 4.69) is 12.2 Å². The number of nitrogens with zero attached hydrogens (tertiary/aromatic N) is 2. The molecule has 0 unspecified atom stereocenters. The molecule has 5 nitrogen and oxygen atoms in total. The van der Waals surface area contributed by atoms with Crippen LogP contribution in [0.1, 0.15) is 13.3 Å². The van der Waals surface area contributed by atoms with Crippen LogP contribution in [0, 0.1) is 11.8 Å². The van der Waals surface area contributed by atoms with Gasteiger partial charge in [-0.15, -0.1) is 0 Å². The summed E-state index contributed by atoms with van der Waals surface area (Å²) < 4.78 is 0. The molecule has 1 N–H and O–H groups in total. The summed E-state index contributed by atoms with van der Waals surface area (Å²) in [4.78, 5) is 27.5. The van der Waals surface area contributed by atoms with E-state index in [0.717, 1.165) is 26.1 Å². The first-order valence-corrected chi connectivity index (χ1v) is 6.33. The van der Waals surface area contributed by atoms with Crippen LogP contribution in [0.4, 0.5) is 0 Å². The summed E-state index contributed by atoms with van der Waals surface area (Å²) in [7, 11) is 1.80. The van der Waals surface area contributed by atoms with Gasteiger partial charge >= 0.3 is 0 Å². The largest absolute Gasteiger partial charge is 0.344 e. The van der Waals surface area contributed by atoms with Crippen molar-refractivity contribution in [1.29, 1.82) is 0 Å². The fourth-order valence-electron chi connectivity index (χ4n) is 2.55. The average Bonchev–Trinajstić information content (AvgIpc) is 2.65. The van der Waals surface area contributed by atoms with Gasteiger partial charge in [0.15, 0.2) is 0 Å². The molecular weight excluding hydrogens is 218 g/mol. The smallest absolute Gasteiger partial charge is 0.241 e. The van der Waals surface area contributed by atoms with Crippen LogP contribution in [0.5, 0.6) is 0 Å². The number of amides is 2. The molecule has 0 aromatic carbocycles. The molecule has 0 aromatic heterocycles. The third-order valence-corrected chi connectivity index (χ3v) is 3.82. The predicted octanol–water partition coefficient (Wildman–Crippen LogP) is -0.467. The van der Waals surface area contributed by atoms with Crippen LogP contribution in [-0.4, -0.2) is 61.4 Å². The Labute approximate surface area is 102 Å². The van der Waals surface area contributed by atoms with E-state index in [1.54, 1.807) is 16.8 Å². The van der Waals surface area contributed by atoms with E-state index in [4.69, 9.17) is 0 Å². The monoisotopic (exact) mass is 239 g/mol. The minimum atomic E-state index is 0.0474. The lowest BCUT2D eigenvalue weighted by Crippen LogP contribution is -2.42. The van der Waals surface area contributed by atoms with E-state index >= 15 is 0 Å². The summed E-state index contributed by atoms with van der Waals surface area (Å²) in [6.07, 6.45) is 0.877. The first-order valence-electron chi connectivity index (χ1n) is 6.33. The maximum absolute atomic E-state index is 12.3. The third-order valence-electron chi connectivity index (χ3n) is 3.82. The Kier molecular flexibility index (Phi) is 3.66. The van der Waals surface area contributed by atoms with Gasteiger partial charge in [-0.2, -0.15) is 0 Å². The number of hydrogen-bond acceptors (Lipinski definition) is 3. The molecule has 0 radical (unpaired) electrons. The average molecular weight is 239 g/mol. The molecule has 0 aliphatic carbocycles. The molecule has 96 valence electrons. The molecule has 0 bridgehead atoms. The molecule has 2 aliphatic rings. The van der Waals surface area contributed by atoms with Crippen molar-refractivity contribution in [3.05, 3.63) is 0 Å². The first-order chi connectivity index (χ1) is 8.09. The Bertz CT molecular complexity index is 319. The van der Waals surface area contributed by atoms with Gasteiger partial charge in [-0.1, -0.05) is 6.92 Å². The Balaban J connectivity index is 2.01. The number of carbonyl (C=O) groups is 2. The maximum atomic E-state index is 12.3. The van der Waals surface area contributed by atoms with Crippen molar-refractivity contribution in [3.63, 3.8) is 0 Å². The van der Waals surface area contributed by atoms with Gasteiger partial charge < -0.3 is 15.1 Å². The third kappa shape index (κ3) is 2.60. The minimum Gasteiger partial charge on any atom is -0.344 e. The summed E-state index contributed by atoms with van der Waals surface area (Å²) in [6.45, 7) is 5.45. The van der Waals surface area contributed by atoms with Crippen LogP contribution in [0.3, 0.4) is 0 Å². The summed E-state index contributed by atoms with van der Waals surface area (Å²) in [5.41, 5.74) is 0. The van der Waals surface area contributed by atoms with E-state index in [-0.39, 0.29) is 24.3 Å². The summed E-state index contributed by atoms with van der Waals surface area (Å²) in [5, 5.41) is 3.23. The number of likely N-dealkylation sites (N-methyl/N-ethyl adjacent to an activating group) is 1. The van der Waals surface area contributed by atoms with Crippen LogP contribution in [0.2, 0.25) is 0 Å². The van der Waals surface area contributed by atoms with Gasteiger partial charge in [-0.3, -0.25) is 9.59 Å². The lowest BCUT2D eigenvalue weighted by molar-refractivity contribution is -0.141. The molecule has 2 rings (SSSR count). The standard InChI is InChI=1S/C12H21N3O2/c1-9-6-13-7-10(9)12(17)15-5-3-4-14(2)11(16)8-15/h9-10,13H,3-8H2,1-2H3/t9-,10-/m1/s1. The van der Waals surface area contributed by atoms with Crippen molar-refractivity contribution in [2.75, 3.05) is 39.8 Å². The van der Waals surface area contributed by atoms with E-state index < -0.39 is 0 Å². The first kappa shape index (κ1) is 12.4. The van der Waals surface area contributed by atoms with Crippen molar-refractivity contribution in [1.82, 2.24) is 15.1 Å². The molecule has 2 atom stereocenters. The van der Waals surface area contributed by atoms with Crippen LogP contribution >= 0.6 is 0 Å². The highest BCUT2D eigenvalue weighted by Gasteiger charge is 2.34. The van der Waals surface area contributed by atoms with Crippen molar-refractivity contribution in [2.45, 2.75) is 13.3 Å². The fourth-order valence-corrected chi connectivity index (χ4v) is 2.55. The number of rotatable bonds is 1. The molecule has 17 heavy (non-hydrogen) atoms. The highest BCUT2D eigenvalue weighted by atomic mass is 16.2. The molecule has 2 saturated heterocycles. The van der Waals surface area contributed by atoms with Gasteiger partial charge in [0.05, 0.1) is 12.5 Å². The molecule has 5 heteroatoms. The van der Waals surface area contributed by atoms with Crippen molar-refractivity contribution in [3.8, 4) is 0 Å². The fraction of sp³-hybridized carbons (Fsp3) is 0.833. The lowest BCUT2D eigenvalue weighted by atomic mass is 9.96. The van der Waals surface area contributed by atoms with E-state index in [9.17, 15) is 9.59 Å². The summed E-state index contributed by atoms with van der Waals surface area (Å²) in [5.74, 6) is 0.616. The zero-order valence-electron chi connectivity index (χ0n) is 10.6. The van der Waals surface area contributed by atoms with Gasteiger partial charge in [-0.25, -0.2) is 0 Å². The van der Waals surface area contributed by atoms with E-state index in [1.807, 2.05) is 0 Å². The number of nitrogens with one attached hydrogen (secondary N) is 1. The quantitative estimate of drug-likeness (QED) is 0.673. The highest BCUT2D eigenvalue weighted by Crippen LogP contribution is 2.19. The molecule has 2 heterocycles.